The molecule has 120 valence electrons. The number of carbonyl (C=O) groups is 2. The molecule has 0 amide bonds. The van der Waals surface area contributed by atoms with Crippen molar-refractivity contribution in [2.24, 2.45) is 0 Å². The zero-order valence-corrected chi connectivity index (χ0v) is 12.8. The first-order chi connectivity index (χ1) is 11.1. The van der Waals surface area contributed by atoms with Crippen LogP contribution in [0.5, 0.6) is 5.75 Å². The normalized spacial score (nSPS) is 10.1. The van der Waals surface area contributed by atoms with Crippen molar-refractivity contribution in [3.05, 3.63) is 54.1 Å². The Hall–Kier alpha value is -2.82. The highest BCUT2D eigenvalue weighted by Gasteiger charge is 2.08. The summed E-state index contributed by atoms with van der Waals surface area (Å²) in [6.45, 7) is 0.175. The highest BCUT2D eigenvalue weighted by atomic mass is 16.5. The van der Waals surface area contributed by atoms with Crippen molar-refractivity contribution >= 4 is 11.9 Å². The van der Waals surface area contributed by atoms with Gasteiger partial charge in [-0.15, -0.1) is 0 Å². The molecule has 0 bridgehead atoms. The first-order valence-electron chi connectivity index (χ1n) is 7.19. The van der Waals surface area contributed by atoms with Crippen molar-refractivity contribution < 1.29 is 24.2 Å². The molecule has 0 saturated carbocycles. The molecule has 0 radical (unpaired) electrons. The molecule has 0 spiro atoms. The Labute approximate surface area is 134 Å². The van der Waals surface area contributed by atoms with Crippen molar-refractivity contribution in [3.8, 4) is 16.9 Å². The number of benzene rings is 2. The summed E-state index contributed by atoms with van der Waals surface area (Å²) in [6.07, 6.45) is -0.0509. The quantitative estimate of drug-likeness (QED) is 0.628. The number of ether oxygens (including phenoxy) is 2. The maximum Gasteiger partial charge on any atom is 0.317 e. The number of hydrogen-bond acceptors (Lipinski definition) is 4. The molecule has 0 aliphatic carbocycles. The summed E-state index contributed by atoms with van der Waals surface area (Å²) in [5.41, 5.74) is 3.19. The van der Waals surface area contributed by atoms with Crippen molar-refractivity contribution in [3.63, 3.8) is 0 Å². The maximum absolute atomic E-state index is 11.1. The van der Waals surface area contributed by atoms with Crippen LogP contribution in [-0.2, 0) is 20.7 Å². The van der Waals surface area contributed by atoms with Crippen molar-refractivity contribution in [2.75, 3.05) is 13.7 Å². The smallest absolute Gasteiger partial charge is 0.317 e. The second-order valence-electron chi connectivity index (χ2n) is 4.97. The Morgan fingerprint density at radius 1 is 0.957 bits per heavy atom. The van der Waals surface area contributed by atoms with Crippen LogP contribution >= 0.6 is 0 Å². The number of esters is 1. The summed E-state index contributed by atoms with van der Waals surface area (Å²) >= 11 is 0. The average Bonchev–Trinajstić information content (AvgIpc) is 2.55. The molecule has 2 rings (SSSR count). The molecule has 5 nitrogen and oxygen atoms in total. The second kappa shape index (κ2) is 7.98. The highest BCUT2D eigenvalue weighted by Crippen LogP contribution is 2.22. The third-order valence-corrected chi connectivity index (χ3v) is 3.33. The third-order valence-electron chi connectivity index (χ3n) is 3.33. The largest absolute Gasteiger partial charge is 0.497 e. The third kappa shape index (κ3) is 5.14. The van der Waals surface area contributed by atoms with Gasteiger partial charge in [-0.2, -0.15) is 0 Å². The highest BCUT2D eigenvalue weighted by molar-refractivity contribution is 5.90. The van der Waals surface area contributed by atoms with Crippen LogP contribution in [0, 0.1) is 0 Å². The molecule has 0 aliphatic heterocycles. The minimum Gasteiger partial charge on any atom is -0.497 e. The Morgan fingerprint density at radius 3 is 2.04 bits per heavy atom. The molecule has 1 N–H and O–H groups in total. The molecule has 0 saturated heterocycles. The SMILES string of the molecule is COc1ccc(-c2ccc(CCOC(=O)CC(=O)O)cc2)cc1. The molecule has 23 heavy (non-hydrogen) atoms. The number of rotatable bonds is 7. The molecule has 0 fully saturated rings. The number of methoxy groups -OCH3 is 1. The predicted molar refractivity (Wildman–Crippen MR) is 85.3 cm³/mol. The molecule has 0 aromatic heterocycles. The summed E-state index contributed by atoms with van der Waals surface area (Å²) in [6, 6.07) is 15.7. The van der Waals surface area contributed by atoms with Crippen LogP contribution in [0.15, 0.2) is 48.5 Å². The summed E-state index contributed by atoms with van der Waals surface area (Å²) in [5, 5.41) is 8.46. The van der Waals surface area contributed by atoms with E-state index in [1.165, 1.54) is 0 Å². The van der Waals surface area contributed by atoms with Crippen LogP contribution in [0.2, 0.25) is 0 Å². The lowest BCUT2D eigenvalue weighted by molar-refractivity contribution is -0.151. The summed E-state index contributed by atoms with van der Waals surface area (Å²) < 4.78 is 10.00. The predicted octanol–water partition coefficient (Wildman–Crippen LogP) is 2.92. The van der Waals surface area contributed by atoms with Gasteiger partial charge in [0, 0.05) is 6.42 Å². The molecule has 0 unspecified atom stereocenters. The van der Waals surface area contributed by atoms with E-state index >= 15 is 0 Å². The van der Waals surface area contributed by atoms with Crippen molar-refractivity contribution in [1.29, 1.82) is 0 Å². The minimum absolute atomic E-state index is 0.175. The molecule has 0 aliphatic rings. The first kappa shape index (κ1) is 16.5. The van der Waals surface area contributed by atoms with Gasteiger partial charge in [-0.3, -0.25) is 9.59 Å². The van der Waals surface area contributed by atoms with E-state index in [0.717, 1.165) is 22.4 Å². The van der Waals surface area contributed by atoms with E-state index in [9.17, 15) is 9.59 Å². The van der Waals surface area contributed by atoms with E-state index in [1.807, 2.05) is 48.5 Å². The van der Waals surface area contributed by atoms with Gasteiger partial charge in [-0.25, -0.2) is 0 Å². The van der Waals surface area contributed by atoms with Crippen LogP contribution in [0.4, 0.5) is 0 Å². The fraction of sp³-hybridized carbons (Fsp3) is 0.222. The lowest BCUT2D eigenvalue weighted by Crippen LogP contribution is -2.12. The number of aliphatic carboxylic acids is 1. The number of hydrogen-bond donors (Lipinski definition) is 1. The van der Waals surface area contributed by atoms with Gasteiger partial charge < -0.3 is 14.6 Å². The molecule has 5 heteroatoms. The van der Waals surface area contributed by atoms with Crippen LogP contribution in [0.3, 0.4) is 0 Å². The van der Waals surface area contributed by atoms with E-state index in [-0.39, 0.29) is 6.61 Å². The fourth-order valence-corrected chi connectivity index (χ4v) is 2.10. The lowest BCUT2D eigenvalue weighted by Gasteiger charge is -2.06. The number of carboxylic acid groups (broad SMARTS) is 1. The summed E-state index contributed by atoms with van der Waals surface area (Å²) in [4.78, 5) is 21.5. The standard InChI is InChI=1S/C18H18O5/c1-22-16-8-6-15(7-9-16)14-4-2-13(3-5-14)10-11-23-18(21)12-17(19)20/h2-9H,10-12H2,1H3,(H,19,20). The van der Waals surface area contributed by atoms with Gasteiger partial charge in [0.15, 0.2) is 0 Å². The minimum atomic E-state index is -1.18. The van der Waals surface area contributed by atoms with Crippen LogP contribution in [0.25, 0.3) is 11.1 Å². The van der Waals surface area contributed by atoms with E-state index < -0.39 is 18.4 Å². The monoisotopic (exact) mass is 314 g/mol. The molecule has 2 aromatic carbocycles. The van der Waals surface area contributed by atoms with E-state index in [1.54, 1.807) is 7.11 Å². The maximum atomic E-state index is 11.1. The lowest BCUT2D eigenvalue weighted by atomic mass is 10.0. The van der Waals surface area contributed by atoms with Gasteiger partial charge in [0.2, 0.25) is 0 Å². The van der Waals surface area contributed by atoms with Crippen LogP contribution < -0.4 is 4.74 Å². The molecule has 2 aromatic rings. The van der Waals surface area contributed by atoms with E-state index in [4.69, 9.17) is 14.6 Å². The Bertz CT molecular complexity index is 659. The van der Waals surface area contributed by atoms with Gasteiger partial charge in [-0.05, 0) is 28.8 Å². The van der Waals surface area contributed by atoms with Crippen LogP contribution in [-0.4, -0.2) is 30.8 Å². The van der Waals surface area contributed by atoms with Crippen molar-refractivity contribution in [2.45, 2.75) is 12.8 Å². The van der Waals surface area contributed by atoms with Gasteiger partial charge in [0.25, 0.3) is 0 Å². The zero-order valence-electron chi connectivity index (χ0n) is 12.8. The van der Waals surface area contributed by atoms with E-state index in [2.05, 4.69) is 0 Å². The van der Waals surface area contributed by atoms with Crippen molar-refractivity contribution in [1.82, 2.24) is 0 Å². The number of carbonyl (C=O) groups excluding carboxylic acids is 1. The fourth-order valence-electron chi connectivity index (χ4n) is 2.10. The van der Waals surface area contributed by atoms with Crippen LogP contribution in [0.1, 0.15) is 12.0 Å². The zero-order chi connectivity index (χ0) is 16.7. The molecular weight excluding hydrogens is 296 g/mol. The number of carboxylic acids is 1. The Kier molecular flexibility index (Phi) is 5.74. The molecule has 0 atom stereocenters. The second-order valence-corrected chi connectivity index (χ2v) is 4.97. The summed E-state index contributed by atoms with van der Waals surface area (Å²) in [5.74, 6) is -1.08. The molecular formula is C18H18O5. The molecule has 0 heterocycles. The van der Waals surface area contributed by atoms with E-state index in [0.29, 0.717) is 6.42 Å². The first-order valence-corrected chi connectivity index (χ1v) is 7.19. The average molecular weight is 314 g/mol. The Morgan fingerprint density at radius 2 is 1.52 bits per heavy atom. The van der Waals surface area contributed by atoms with Gasteiger partial charge in [-0.1, -0.05) is 36.4 Å². The topological polar surface area (TPSA) is 72.8 Å². The van der Waals surface area contributed by atoms with Gasteiger partial charge in [0.05, 0.1) is 13.7 Å². The summed E-state index contributed by atoms with van der Waals surface area (Å²) in [7, 11) is 1.63. The Balaban J connectivity index is 1.89. The van der Waals surface area contributed by atoms with Gasteiger partial charge >= 0.3 is 11.9 Å². The van der Waals surface area contributed by atoms with Gasteiger partial charge in [0.1, 0.15) is 12.2 Å².